The molecule has 1 aromatic rings. The van der Waals surface area contributed by atoms with Gasteiger partial charge in [0.1, 0.15) is 4.87 Å². The monoisotopic (exact) mass is 281 g/mol. The quantitative estimate of drug-likeness (QED) is 0.740. The molecule has 1 aliphatic rings. The molecule has 0 spiro atoms. The highest BCUT2D eigenvalue weighted by Crippen LogP contribution is 2.40. The molecule has 1 heterocycles. The van der Waals surface area contributed by atoms with Gasteiger partial charge in [0.2, 0.25) is 5.91 Å². The largest absolute Gasteiger partial charge is 0.373 e. The zero-order valence-electron chi connectivity index (χ0n) is 11.1. The third kappa shape index (κ3) is 3.22. The van der Waals surface area contributed by atoms with E-state index in [2.05, 4.69) is 31.2 Å². The second-order valence-electron chi connectivity index (χ2n) is 4.81. The molecule has 2 rings (SSSR count). The van der Waals surface area contributed by atoms with Gasteiger partial charge in [-0.15, -0.1) is 11.6 Å². The van der Waals surface area contributed by atoms with Crippen molar-refractivity contribution in [2.45, 2.75) is 24.6 Å². The molecule has 0 saturated carbocycles. The zero-order chi connectivity index (χ0) is 14.6. The lowest BCUT2D eigenvalue weighted by molar-refractivity contribution is -0.191. The van der Waals surface area contributed by atoms with E-state index >= 15 is 0 Å². The van der Waals surface area contributed by atoms with Crippen molar-refractivity contribution in [3.05, 3.63) is 35.4 Å². The SMILES string of the molecule is Cc1ccc([C@H]2CN(C)C(=O)C2(C)Cl)cc1.O=C=O. The lowest BCUT2D eigenvalue weighted by atomic mass is 9.89. The van der Waals surface area contributed by atoms with Gasteiger partial charge in [-0.3, -0.25) is 4.79 Å². The predicted octanol–water partition coefficient (Wildman–Crippen LogP) is 1.96. The highest BCUT2D eigenvalue weighted by molar-refractivity contribution is 6.36. The number of likely N-dealkylation sites (tertiary alicyclic amines) is 1. The number of aryl methyl sites for hydroxylation is 1. The molecule has 0 aliphatic carbocycles. The van der Waals surface area contributed by atoms with Gasteiger partial charge >= 0.3 is 6.15 Å². The van der Waals surface area contributed by atoms with Crippen LogP contribution in [-0.4, -0.2) is 35.4 Å². The van der Waals surface area contributed by atoms with Crippen LogP contribution in [0.5, 0.6) is 0 Å². The zero-order valence-corrected chi connectivity index (χ0v) is 11.9. The van der Waals surface area contributed by atoms with Crippen molar-refractivity contribution in [3.8, 4) is 0 Å². The summed E-state index contributed by atoms with van der Waals surface area (Å²) in [5, 5.41) is 0. The van der Waals surface area contributed by atoms with Crippen LogP contribution in [0, 0.1) is 6.92 Å². The molecule has 1 fully saturated rings. The van der Waals surface area contributed by atoms with E-state index in [9.17, 15) is 4.79 Å². The van der Waals surface area contributed by atoms with Gasteiger partial charge in [0.05, 0.1) is 0 Å². The standard InChI is InChI=1S/C13H16ClNO.CO2/c1-9-4-6-10(7-5-9)11-8-15(3)12(16)13(11,2)14;2-1-3/h4-7,11H,8H2,1-3H3;/t11-,13?;/m1./s1. The summed E-state index contributed by atoms with van der Waals surface area (Å²) in [4.78, 5) is 29.0. The number of nitrogens with zero attached hydrogens (tertiary/aromatic N) is 1. The maximum atomic E-state index is 11.9. The summed E-state index contributed by atoms with van der Waals surface area (Å²) in [5.74, 6) is 0.0898. The Kier molecular flexibility index (Phi) is 4.87. The van der Waals surface area contributed by atoms with Crippen LogP contribution in [-0.2, 0) is 14.4 Å². The Bertz CT molecular complexity index is 490. The number of likely N-dealkylation sites (N-methyl/N-ethyl adjacent to an activating group) is 1. The van der Waals surface area contributed by atoms with Gasteiger partial charge < -0.3 is 4.90 Å². The van der Waals surface area contributed by atoms with Crippen LogP contribution >= 0.6 is 11.6 Å². The average Bonchev–Trinajstić information content (AvgIpc) is 2.55. The lowest BCUT2D eigenvalue weighted by Crippen LogP contribution is -2.32. The molecule has 1 aromatic carbocycles. The Labute approximate surface area is 117 Å². The average molecular weight is 282 g/mol. The Hall–Kier alpha value is -1.64. The number of carbonyl (C=O) groups is 1. The number of rotatable bonds is 1. The number of hydrogen-bond acceptors (Lipinski definition) is 3. The molecule has 1 saturated heterocycles. The third-order valence-electron chi connectivity index (χ3n) is 3.36. The van der Waals surface area contributed by atoms with Gasteiger partial charge in [-0.05, 0) is 19.4 Å². The van der Waals surface area contributed by atoms with E-state index in [1.807, 2.05) is 6.92 Å². The summed E-state index contributed by atoms with van der Waals surface area (Å²) in [6, 6.07) is 8.25. The molecule has 4 nitrogen and oxygen atoms in total. The summed E-state index contributed by atoms with van der Waals surface area (Å²) in [6.07, 6.45) is 0.250. The van der Waals surface area contributed by atoms with E-state index in [1.165, 1.54) is 5.56 Å². The first-order chi connectivity index (χ1) is 8.84. The van der Waals surface area contributed by atoms with Crippen molar-refractivity contribution >= 4 is 23.7 Å². The second-order valence-corrected chi connectivity index (χ2v) is 5.59. The molecule has 5 heteroatoms. The number of carbonyl (C=O) groups excluding carboxylic acids is 3. The molecule has 0 bridgehead atoms. The summed E-state index contributed by atoms with van der Waals surface area (Å²) in [7, 11) is 1.80. The molecule has 1 unspecified atom stereocenters. The van der Waals surface area contributed by atoms with Crippen molar-refractivity contribution in [2.24, 2.45) is 0 Å². The number of amides is 1. The molecule has 0 radical (unpaired) electrons. The summed E-state index contributed by atoms with van der Waals surface area (Å²) >= 11 is 6.36. The first-order valence-electron chi connectivity index (χ1n) is 5.85. The number of alkyl halides is 1. The highest BCUT2D eigenvalue weighted by atomic mass is 35.5. The van der Waals surface area contributed by atoms with Crippen molar-refractivity contribution in [3.63, 3.8) is 0 Å². The van der Waals surface area contributed by atoms with Crippen molar-refractivity contribution in [2.75, 3.05) is 13.6 Å². The number of halogens is 1. The van der Waals surface area contributed by atoms with Crippen LogP contribution in [0.2, 0.25) is 0 Å². The fraction of sp³-hybridized carbons (Fsp3) is 0.429. The van der Waals surface area contributed by atoms with E-state index < -0.39 is 4.87 Å². The van der Waals surface area contributed by atoms with Crippen LogP contribution in [0.1, 0.15) is 24.0 Å². The number of hydrogen-bond donors (Lipinski definition) is 0. The molecule has 1 amide bonds. The van der Waals surface area contributed by atoms with Crippen LogP contribution < -0.4 is 0 Å². The lowest BCUT2D eigenvalue weighted by Gasteiger charge is -2.21. The molecule has 2 atom stereocenters. The normalized spacial score (nSPS) is 25.6. The fourth-order valence-corrected chi connectivity index (χ4v) is 2.61. The van der Waals surface area contributed by atoms with E-state index in [4.69, 9.17) is 21.2 Å². The van der Waals surface area contributed by atoms with Crippen LogP contribution in [0.3, 0.4) is 0 Å². The minimum atomic E-state index is -0.802. The topological polar surface area (TPSA) is 54.5 Å². The minimum absolute atomic E-state index is 0.0136. The maximum absolute atomic E-state index is 11.9. The van der Waals surface area contributed by atoms with E-state index in [0.717, 1.165) is 5.56 Å². The van der Waals surface area contributed by atoms with Crippen molar-refractivity contribution in [1.82, 2.24) is 4.90 Å². The van der Waals surface area contributed by atoms with E-state index in [0.29, 0.717) is 6.54 Å². The van der Waals surface area contributed by atoms with Gasteiger partial charge in [-0.2, -0.15) is 9.59 Å². The minimum Gasteiger partial charge on any atom is -0.344 e. The van der Waals surface area contributed by atoms with Crippen LogP contribution in [0.15, 0.2) is 24.3 Å². The Morgan fingerprint density at radius 3 is 2.16 bits per heavy atom. The molecule has 102 valence electrons. The van der Waals surface area contributed by atoms with Crippen molar-refractivity contribution in [1.29, 1.82) is 0 Å². The van der Waals surface area contributed by atoms with Gasteiger partial charge in [0.15, 0.2) is 0 Å². The summed E-state index contributed by atoms with van der Waals surface area (Å²) in [5.41, 5.74) is 2.36. The van der Waals surface area contributed by atoms with E-state index in [-0.39, 0.29) is 18.0 Å². The third-order valence-corrected chi connectivity index (χ3v) is 3.78. The molecule has 0 aromatic heterocycles. The van der Waals surface area contributed by atoms with Gasteiger partial charge in [0, 0.05) is 19.5 Å². The predicted molar refractivity (Wildman–Crippen MR) is 70.8 cm³/mol. The fourth-order valence-electron chi connectivity index (χ4n) is 2.27. The summed E-state index contributed by atoms with van der Waals surface area (Å²) in [6.45, 7) is 4.56. The first kappa shape index (κ1) is 15.4. The maximum Gasteiger partial charge on any atom is 0.373 e. The van der Waals surface area contributed by atoms with Crippen LogP contribution in [0.25, 0.3) is 0 Å². The Morgan fingerprint density at radius 1 is 1.32 bits per heavy atom. The van der Waals surface area contributed by atoms with Gasteiger partial charge in [-0.1, -0.05) is 29.8 Å². The summed E-state index contributed by atoms with van der Waals surface area (Å²) < 4.78 is 0. The molecule has 1 aliphatic heterocycles. The molecular formula is C14H16ClNO3. The molecule has 0 N–H and O–H groups in total. The smallest absolute Gasteiger partial charge is 0.344 e. The Balaban J connectivity index is 0.000000550. The number of benzene rings is 1. The first-order valence-corrected chi connectivity index (χ1v) is 6.22. The Morgan fingerprint density at radius 2 is 1.79 bits per heavy atom. The van der Waals surface area contributed by atoms with Gasteiger partial charge in [-0.25, -0.2) is 0 Å². The highest BCUT2D eigenvalue weighted by Gasteiger charge is 2.48. The molecular weight excluding hydrogens is 266 g/mol. The van der Waals surface area contributed by atoms with Crippen LogP contribution in [0.4, 0.5) is 0 Å². The van der Waals surface area contributed by atoms with Crippen molar-refractivity contribution < 1.29 is 14.4 Å². The second kappa shape index (κ2) is 6.00. The van der Waals surface area contributed by atoms with E-state index in [1.54, 1.807) is 11.9 Å². The van der Waals surface area contributed by atoms with Gasteiger partial charge in [0.25, 0.3) is 0 Å². The molecule has 19 heavy (non-hydrogen) atoms.